The summed E-state index contributed by atoms with van der Waals surface area (Å²) in [5.74, 6) is -0.615. The fraction of sp³-hybridized carbons (Fsp3) is 0.438. The zero-order chi connectivity index (χ0) is 19.1. The van der Waals surface area contributed by atoms with E-state index >= 15 is 0 Å². The Morgan fingerprint density at radius 1 is 1.27 bits per heavy atom. The van der Waals surface area contributed by atoms with Gasteiger partial charge in [-0.15, -0.1) is 11.8 Å². The molecule has 10 heteroatoms. The van der Waals surface area contributed by atoms with Gasteiger partial charge in [-0.25, -0.2) is 4.79 Å². The second-order valence-corrected chi connectivity index (χ2v) is 6.57. The number of hydrogen-bond donors (Lipinski definition) is 3. The van der Waals surface area contributed by atoms with E-state index in [1.807, 2.05) is 0 Å². The summed E-state index contributed by atoms with van der Waals surface area (Å²) in [5, 5.41) is 11.2. The lowest BCUT2D eigenvalue weighted by Crippen LogP contribution is -2.24. The number of carbonyl (C=O) groups excluding carboxylic acids is 4. The first-order valence-corrected chi connectivity index (χ1v) is 9.04. The highest BCUT2D eigenvalue weighted by Crippen LogP contribution is 2.29. The molecule has 3 N–H and O–H groups in total. The Hall–Kier alpha value is -2.62. The number of allylic oxidation sites excluding steroid dienone is 2. The number of alkyl carbamates (subject to hydrolysis) is 1. The van der Waals surface area contributed by atoms with Crippen molar-refractivity contribution < 1.29 is 23.9 Å². The number of aromatic nitrogens is 2. The molecule has 0 fully saturated rings. The summed E-state index contributed by atoms with van der Waals surface area (Å²) in [6.07, 6.45) is 3.27. The van der Waals surface area contributed by atoms with E-state index in [2.05, 4.69) is 25.6 Å². The van der Waals surface area contributed by atoms with Crippen molar-refractivity contribution in [2.45, 2.75) is 19.3 Å². The fourth-order valence-electron chi connectivity index (χ4n) is 2.36. The molecule has 0 atom stereocenters. The van der Waals surface area contributed by atoms with E-state index in [4.69, 9.17) is 0 Å². The van der Waals surface area contributed by atoms with Gasteiger partial charge in [-0.1, -0.05) is 6.42 Å². The Labute approximate surface area is 154 Å². The first kappa shape index (κ1) is 19.7. The molecule has 1 aromatic heterocycles. The maximum Gasteiger partial charge on any atom is 0.406 e. The maximum atomic E-state index is 12.6. The zero-order valence-electron chi connectivity index (χ0n) is 14.5. The molecule has 0 spiro atoms. The van der Waals surface area contributed by atoms with Gasteiger partial charge in [0.05, 0.1) is 17.6 Å². The average molecular weight is 380 g/mol. The molecule has 26 heavy (non-hydrogen) atoms. The van der Waals surface area contributed by atoms with Crippen LogP contribution in [0.5, 0.6) is 0 Å². The summed E-state index contributed by atoms with van der Waals surface area (Å²) in [6.45, 7) is 0.519. The number of Topliss-reactive ketones (excluding diaryl/α,β-unsaturated/α-hetero) is 1. The van der Waals surface area contributed by atoms with Crippen LogP contribution in [-0.4, -0.2) is 60.2 Å². The fourth-order valence-corrected chi connectivity index (χ4v) is 3.35. The Morgan fingerprint density at radius 3 is 2.73 bits per heavy atom. The first-order valence-electron chi connectivity index (χ1n) is 8.05. The largest absolute Gasteiger partial charge is 0.453 e. The maximum absolute atomic E-state index is 12.6. The second kappa shape index (κ2) is 9.18. The number of nitrogens with zero attached hydrogens (tertiary/aromatic N) is 1. The molecule has 1 heterocycles. The van der Waals surface area contributed by atoms with Crippen molar-refractivity contribution in [3.05, 3.63) is 27.9 Å². The molecule has 9 nitrogen and oxygen atoms in total. The highest BCUT2D eigenvalue weighted by molar-refractivity contribution is 8.04. The Kier molecular flexibility index (Phi) is 6.96. The zero-order valence-corrected chi connectivity index (χ0v) is 15.3. The van der Waals surface area contributed by atoms with Gasteiger partial charge in [-0.05, 0) is 18.6 Å². The topological polar surface area (TPSA) is 130 Å². The summed E-state index contributed by atoms with van der Waals surface area (Å²) in [7, 11) is 2.74. The first-order chi connectivity index (χ1) is 12.5. The number of aromatic amines is 1. The number of carbonyl (C=O) groups is 4. The van der Waals surface area contributed by atoms with Crippen LogP contribution in [0.25, 0.3) is 0 Å². The van der Waals surface area contributed by atoms with Crippen LogP contribution in [0.3, 0.4) is 0 Å². The normalized spacial score (nSPS) is 13.1. The van der Waals surface area contributed by atoms with Crippen molar-refractivity contribution >= 4 is 35.3 Å². The van der Waals surface area contributed by atoms with Gasteiger partial charge in [0.25, 0.3) is 5.91 Å². The molecule has 0 aromatic carbocycles. The van der Waals surface area contributed by atoms with E-state index in [0.29, 0.717) is 17.2 Å². The molecule has 0 unspecified atom stereocenters. The lowest BCUT2D eigenvalue weighted by Gasteiger charge is -2.12. The minimum Gasteiger partial charge on any atom is -0.453 e. The quantitative estimate of drug-likeness (QED) is 0.579. The van der Waals surface area contributed by atoms with Crippen LogP contribution in [0, 0.1) is 0 Å². The van der Waals surface area contributed by atoms with E-state index in [0.717, 1.165) is 19.3 Å². The average Bonchev–Trinajstić information content (AvgIpc) is 3.09. The van der Waals surface area contributed by atoms with Gasteiger partial charge in [-0.2, -0.15) is 5.10 Å². The van der Waals surface area contributed by atoms with Crippen LogP contribution >= 0.6 is 11.8 Å². The Bertz CT molecular complexity index is 756. The number of fused-ring (bicyclic) bond motifs is 1. The van der Waals surface area contributed by atoms with Crippen molar-refractivity contribution in [3.63, 3.8) is 0 Å². The van der Waals surface area contributed by atoms with Gasteiger partial charge >= 0.3 is 6.09 Å². The predicted octanol–water partition coefficient (Wildman–Crippen LogP) is 1.29. The SMILES string of the molecule is CNC(=O)c1n[nH]c2c1C(=O)C(SCCCCCNC(=O)OC)=CC2=O. The summed E-state index contributed by atoms with van der Waals surface area (Å²) >= 11 is 1.28. The standard InChI is InChI=1S/C16H20N4O5S/c1-17-15(23)13-11-12(19-20-13)9(21)8-10(14(11)22)26-7-5-3-4-6-18-16(24)25-2/h8H,3-7H2,1-2H3,(H,17,23)(H,18,24)(H,19,20). The molecular formula is C16H20N4O5S. The number of rotatable bonds is 8. The lowest BCUT2D eigenvalue weighted by molar-refractivity contribution is 0.0945. The van der Waals surface area contributed by atoms with Crippen LogP contribution in [0.1, 0.15) is 50.6 Å². The van der Waals surface area contributed by atoms with Gasteiger partial charge in [-0.3, -0.25) is 19.5 Å². The summed E-state index contributed by atoms with van der Waals surface area (Å²) in [5.41, 5.74) is 0.00870. The van der Waals surface area contributed by atoms with Crippen LogP contribution < -0.4 is 10.6 Å². The third-order valence-corrected chi connectivity index (χ3v) is 4.81. The second-order valence-electron chi connectivity index (χ2n) is 5.43. The number of hydrogen-bond acceptors (Lipinski definition) is 7. The summed E-state index contributed by atoms with van der Waals surface area (Å²) in [6, 6.07) is 0. The molecule has 2 amide bonds. The van der Waals surface area contributed by atoms with Crippen LogP contribution in [0.15, 0.2) is 11.0 Å². The molecular weight excluding hydrogens is 360 g/mol. The monoisotopic (exact) mass is 380 g/mol. The molecule has 140 valence electrons. The van der Waals surface area contributed by atoms with Crippen molar-refractivity contribution in [3.8, 4) is 0 Å². The van der Waals surface area contributed by atoms with E-state index in [1.54, 1.807) is 0 Å². The number of thioether (sulfide) groups is 1. The van der Waals surface area contributed by atoms with Crippen LogP contribution in [0.4, 0.5) is 4.79 Å². The molecule has 1 aliphatic rings. The van der Waals surface area contributed by atoms with E-state index in [-0.39, 0.29) is 28.5 Å². The molecule has 0 aliphatic heterocycles. The number of amides is 2. The van der Waals surface area contributed by atoms with Gasteiger partial charge < -0.3 is 15.4 Å². The van der Waals surface area contributed by atoms with Gasteiger partial charge in [0.1, 0.15) is 5.69 Å². The van der Waals surface area contributed by atoms with Crippen molar-refractivity contribution in [1.29, 1.82) is 0 Å². The van der Waals surface area contributed by atoms with Crippen LogP contribution in [-0.2, 0) is 4.74 Å². The van der Waals surface area contributed by atoms with E-state index in [9.17, 15) is 19.2 Å². The molecule has 0 saturated heterocycles. The number of unbranched alkanes of at least 4 members (excludes halogenated alkanes) is 2. The summed E-state index contributed by atoms with van der Waals surface area (Å²) in [4.78, 5) is 47.8. The lowest BCUT2D eigenvalue weighted by atomic mass is 9.99. The highest BCUT2D eigenvalue weighted by Gasteiger charge is 2.33. The third kappa shape index (κ3) is 4.51. The number of nitrogens with one attached hydrogen (secondary N) is 3. The molecule has 1 aromatic rings. The minimum absolute atomic E-state index is 0.0293. The Balaban J connectivity index is 1.87. The van der Waals surface area contributed by atoms with Gasteiger partial charge in [0, 0.05) is 19.7 Å². The molecule has 1 aliphatic carbocycles. The third-order valence-electron chi connectivity index (χ3n) is 3.70. The smallest absolute Gasteiger partial charge is 0.406 e. The van der Waals surface area contributed by atoms with E-state index < -0.39 is 12.0 Å². The molecule has 0 saturated carbocycles. The van der Waals surface area contributed by atoms with Crippen molar-refractivity contribution in [2.75, 3.05) is 26.5 Å². The van der Waals surface area contributed by atoms with Crippen molar-refractivity contribution in [2.24, 2.45) is 0 Å². The van der Waals surface area contributed by atoms with Gasteiger partial charge in [0.2, 0.25) is 11.6 Å². The molecule has 2 rings (SSSR count). The predicted molar refractivity (Wildman–Crippen MR) is 95.4 cm³/mol. The minimum atomic E-state index is -0.520. The van der Waals surface area contributed by atoms with Gasteiger partial charge in [0.15, 0.2) is 5.69 Å². The number of ketones is 2. The molecule has 0 bridgehead atoms. The number of ether oxygens (including phenoxy) is 1. The summed E-state index contributed by atoms with van der Waals surface area (Å²) < 4.78 is 4.47. The number of H-pyrrole nitrogens is 1. The highest BCUT2D eigenvalue weighted by atomic mass is 32.2. The van der Waals surface area contributed by atoms with Crippen molar-refractivity contribution in [1.82, 2.24) is 20.8 Å². The Morgan fingerprint density at radius 2 is 2.04 bits per heavy atom. The number of methoxy groups -OCH3 is 1. The molecule has 0 radical (unpaired) electrons. The van der Waals surface area contributed by atoms with Crippen LogP contribution in [0.2, 0.25) is 0 Å². The van der Waals surface area contributed by atoms with E-state index in [1.165, 1.54) is 32.0 Å².